The summed E-state index contributed by atoms with van der Waals surface area (Å²) in [7, 11) is 0. The van der Waals surface area contributed by atoms with Crippen molar-refractivity contribution >= 4 is 11.6 Å². The Morgan fingerprint density at radius 3 is 2.92 bits per heavy atom. The molecule has 7 heteroatoms. The maximum Gasteiger partial charge on any atom is 0.261 e. The van der Waals surface area contributed by atoms with Crippen molar-refractivity contribution in [2.75, 3.05) is 24.7 Å². The summed E-state index contributed by atoms with van der Waals surface area (Å²) in [6, 6.07) is 9.65. The van der Waals surface area contributed by atoms with E-state index in [2.05, 4.69) is 5.10 Å². The standard InChI is InChI=1S/C17H19F2N3O2/c18-16(19)12-24-9-6-17(23)21-11-14(22-8-3-7-20-22)10-13-4-1-2-5-15(13)21/h1-5,7-8,14,16H,6,9-12H2/t14-/m1/s1. The van der Waals surface area contributed by atoms with Crippen LogP contribution in [0.25, 0.3) is 0 Å². The number of rotatable bonds is 6. The first kappa shape index (κ1) is 16.6. The van der Waals surface area contributed by atoms with Gasteiger partial charge in [-0.3, -0.25) is 9.48 Å². The van der Waals surface area contributed by atoms with E-state index >= 15 is 0 Å². The number of halogens is 2. The molecule has 0 saturated heterocycles. The quantitative estimate of drug-likeness (QED) is 0.763. The predicted molar refractivity (Wildman–Crippen MR) is 85.2 cm³/mol. The number of anilines is 1. The van der Waals surface area contributed by atoms with Gasteiger partial charge in [-0.2, -0.15) is 5.10 Å². The molecular formula is C17H19F2N3O2. The monoisotopic (exact) mass is 335 g/mol. The zero-order valence-corrected chi connectivity index (χ0v) is 13.1. The van der Waals surface area contributed by atoms with Crippen molar-refractivity contribution in [3.05, 3.63) is 48.3 Å². The Bertz CT molecular complexity index is 676. The average Bonchev–Trinajstić information content (AvgIpc) is 3.12. The van der Waals surface area contributed by atoms with Crippen molar-refractivity contribution in [3.63, 3.8) is 0 Å². The molecule has 2 aromatic rings. The first-order valence-corrected chi connectivity index (χ1v) is 7.88. The minimum atomic E-state index is -2.51. The summed E-state index contributed by atoms with van der Waals surface area (Å²) in [5.74, 6) is -0.131. The van der Waals surface area contributed by atoms with E-state index in [1.807, 2.05) is 41.2 Å². The molecule has 1 amide bonds. The lowest BCUT2D eigenvalue weighted by atomic mass is 9.97. The van der Waals surface area contributed by atoms with Crippen LogP contribution in [0.2, 0.25) is 0 Å². The number of fused-ring (bicyclic) bond motifs is 1. The molecule has 3 rings (SSSR count). The number of alkyl halides is 2. The Kier molecular flexibility index (Phi) is 5.20. The van der Waals surface area contributed by atoms with Crippen LogP contribution in [0.3, 0.4) is 0 Å². The highest BCUT2D eigenvalue weighted by Crippen LogP contribution is 2.31. The maximum absolute atomic E-state index is 12.5. The SMILES string of the molecule is O=C(CCOCC(F)F)N1C[C@H](n2cccn2)Cc2ccccc21. The molecule has 5 nitrogen and oxygen atoms in total. The Hall–Kier alpha value is -2.28. The van der Waals surface area contributed by atoms with Crippen molar-refractivity contribution in [2.45, 2.75) is 25.3 Å². The number of hydrogen-bond donors (Lipinski definition) is 0. The smallest absolute Gasteiger partial charge is 0.261 e. The molecule has 0 unspecified atom stereocenters. The summed E-state index contributed by atoms with van der Waals surface area (Å²) < 4.78 is 30.9. The van der Waals surface area contributed by atoms with Gasteiger partial charge in [-0.15, -0.1) is 0 Å². The lowest BCUT2D eigenvalue weighted by molar-refractivity contribution is -0.120. The summed E-state index contributed by atoms with van der Waals surface area (Å²) in [6.45, 7) is -0.138. The highest BCUT2D eigenvalue weighted by molar-refractivity contribution is 5.94. The largest absolute Gasteiger partial charge is 0.375 e. The Labute approximate surface area is 138 Å². The molecule has 0 radical (unpaired) electrons. The van der Waals surface area contributed by atoms with E-state index in [9.17, 15) is 13.6 Å². The van der Waals surface area contributed by atoms with Crippen molar-refractivity contribution in [2.24, 2.45) is 0 Å². The first-order chi connectivity index (χ1) is 11.6. The van der Waals surface area contributed by atoms with Gasteiger partial charge in [-0.1, -0.05) is 18.2 Å². The number of carbonyl (C=O) groups is 1. The van der Waals surface area contributed by atoms with Gasteiger partial charge in [0.15, 0.2) is 0 Å². The number of nitrogens with zero attached hydrogens (tertiary/aromatic N) is 3. The number of hydrogen-bond acceptors (Lipinski definition) is 3. The zero-order chi connectivity index (χ0) is 16.9. The summed E-state index contributed by atoms with van der Waals surface area (Å²) in [5.41, 5.74) is 1.95. The average molecular weight is 335 g/mol. The molecule has 0 N–H and O–H groups in total. The molecule has 0 fully saturated rings. The molecule has 1 aliphatic rings. The number of carbonyl (C=O) groups excluding carboxylic acids is 1. The molecule has 128 valence electrons. The molecule has 0 saturated carbocycles. The minimum Gasteiger partial charge on any atom is -0.375 e. The van der Waals surface area contributed by atoms with Crippen LogP contribution in [-0.2, 0) is 16.0 Å². The number of para-hydroxylation sites is 1. The van der Waals surface area contributed by atoms with Crippen LogP contribution in [0.15, 0.2) is 42.7 Å². The lowest BCUT2D eigenvalue weighted by Gasteiger charge is -2.34. The summed E-state index contributed by atoms with van der Waals surface area (Å²) in [5, 5.41) is 4.27. The fraction of sp³-hybridized carbons (Fsp3) is 0.412. The number of ether oxygens (including phenoxy) is 1. The maximum atomic E-state index is 12.5. The van der Waals surface area contributed by atoms with E-state index in [0.717, 1.165) is 17.7 Å². The van der Waals surface area contributed by atoms with Crippen molar-refractivity contribution in [1.29, 1.82) is 0 Å². The van der Waals surface area contributed by atoms with Crippen LogP contribution >= 0.6 is 0 Å². The number of benzene rings is 1. The van der Waals surface area contributed by atoms with E-state index in [-0.39, 0.29) is 25.0 Å². The lowest BCUT2D eigenvalue weighted by Crippen LogP contribution is -2.41. The molecule has 1 atom stereocenters. The second kappa shape index (κ2) is 7.53. The molecule has 1 aliphatic heterocycles. The Balaban J connectivity index is 1.71. The van der Waals surface area contributed by atoms with Gasteiger partial charge in [0.05, 0.1) is 19.1 Å². The van der Waals surface area contributed by atoms with Crippen LogP contribution in [0.5, 0.6) is 0 Å². The van der Waals surface area contributed by atoms with E-state index in [0.29, 0.717) is 6.54 Å². The topological polar surface area (TPSA) is 47.4 Å². The van der Waals surface area contributed by atoms with Crippen LogP contribution in [0, 0.1) is 0 Å². The van der Waals surface area contributed by atoms with Gasteiger partial charge in [0.2, 0.25) is 5.91 Å². The van der Waals surface area contributed by atoms with Crippen LogP contribution < -0.4 is 4.90 Å². The van der Waals surface area contributed by atoms with Crippen LogP contribution in [-0.4, -0.2) is 41.9 Å². The van der Waals surface area contributed by atoms with Gasteiger partial charge in [0.1, 0.15) is 6.61 Å². The molecule has 0 bridgehead atoms. The molecule has 1 aromatic carbocycles. The fourth-order valence-electron chi connectivity index (χ4n) is 2.95. The van der Waals surface area contributed by atoms with E-state index in [4.69, 9.17) is 4.74 Å². The Morgan fingerprint density at radius 1 is 1.33 bits per heavy atom. The molecule has 0 aliphatic carbocycles. The second-order valence-corrected chi connectivity index (χ2v) is 5.69. The van der Waals surface area contributed by atoms with Gasteiger partial charge in [-0.05, 0) is 24.1 Å². The summed E-state index contributed by atoms with van der Waals surface area (Å²) >= 11 is 0. The molecule has 1 aromatic heterocycles. The van der Waals surface area contributed by atoms with Crippen LogP contribution in [0.1, 0.15) is 18.0 Å². The van der Waals surface area contributed by atoms with E-state index in [1.54, 1.807) is 11.1 Å². The fourth-order valence-corrected chi connectivity index (χ4v) is 2.95. The highest BCUT2D eigenvalue weighted by atomic mass is 19.3. The summed E-state index contributed by atoms with van der Waals surface area (Å²) in [4.78, 5) is 14.3. The van der Waals surface area contributed by atoms with E-state index in [1.165, 1.54) is 0 Å². The van der Waals surface area contributed by atoms with Gasteiger partial charge < -0.3 is 9.64 Å². The number of amides is 1. The van der Waals surface area contributed by atoms with Gasteiger partial charge in [0, 0.05) is 24.6 Å². The Morgan fingerprint density at radius 2 is 2.17 bits per heavy atom. The molecule has 24 heavy (non-hydrogen) atoms. The highest BCUT2D eigenvalue weighted by Gasteiger charge is 2.29. The molecule has 2 heterocycles. The van der Waals surface area contributed by atoms with Crippen molar-refractivity contribution < 1.29 is 18.3 Å². The predicted octanol–water partition coefficient (Wildman–Crippen LogP) is 2.69. The van der Waals surface area contributed by atoms with Gasteiger partial charge >= 0.3 is 0 Å². The molecular weight excluding hydrogens is 316 g/mol. The third-order valence-corrected chi connectivity index (χ3v) is 4.04. The normalized spacial score (nSPS) is 17.1. The second-order valence-electron chi connectivity index (χ2n) is 5.69. The van der Waals surface area contributed by atoms with E-state index < -0.39 is 13.0 Å². The third kappa shape index (κ3) is 3.79. The van der Waals surface area contributed by atoms with Crippen LogP contribution in [0.4, 0.5) is 14.5 Å². The summed E-state index contributed by atoms with van der Waals surface area (Å²) in [6.07, 6.45) is 1.95. The number of aromatic nitrogens is 2. The minimum absolute atomic E-state index is 0.00568. The van der Waals surface area contributed by atoms with Gasteiger partial charge in [0.25, 0.3) is 6.43 Å². The first-order valence-electron chi connectivity index (χ1n) is 7.88. The van der Waals surface area contributed by atoms with Crippen molar-refractivity contribution in [1.82, 2.24) is 9.78 Å². The van der Waals surface area contributed by atoms with Gasteiger partial charge in [-0.25, -0.2) is 8.78 Å². The third-order valence-electron chi connectivity index (χ3n) is 4.04. The van der Waals surface area contributed by atoms with Crippen molar-refractivity contribution in [3.8, 4) is 0 Å². The molecule has 0 spiro atoms. The zero-order valence-electron chi connectivity index (χ0n) is 13.1.